The summed E-state index contributed by atoms with van der Waals surface area (Å²) in [7, 11) is -3.51. The molecule has 0 saturated carbocycles. The fourth-order valence-corrected chi connectivity index (χ4v) is 3.34. The molecule has 27 heavy (non-hydrogen) atoms. The van der Waals surface area contributed by atoms with Gasteiger partial charge in [0.15, 0.2) is 0 Å². The molecule has 0 unspecified atom stereocenters. The van der Waals surface area contributed by atoms with Crippen LogP contribution in [-0.2, 0) is 19.6 Å². The average molecular weight is 390 g/mol. The SMILES string of the molecule is CCOC(=O)c1ccc(NC(=O)CCN(c2ccccc2)S(C)(=O)=O)cc1. The summed E-state index contributed by atoms with van der Waals surface area (Å²) in [6.07, 6.45) is 1.09. The summed E-state index contributed by atoms with van der Waals surface area (Å²) < 4.78 is 30.1. The van der Waals surface area contributed by atoms with E-state index in [0.29, 0.717) is 16.9 Å². The molecule has 2 aromatic rings. The maximum Gasteiger partial charge on any atom is 0.338 e. The standard InChI is InChI=1S/C19H22N2O5S/c1-3-26-19(23)15-9-11-16(12-10-15)20-18(22)13-14-21(27(2,24)25)17-7-5-4-6-8-17/h4-12H,3,13-14H2,1-2H3,(H,20,22). The second-order valence-electron chi connectivity index (χ2n) is 5.77. The van der Waals surface area contributed by atoms with E-state index in [2.05, 4.69) is 5.32 Å². The van der Waals surface area contributed by atoms with E-state index in [1.54, 1.807) is 61.5 Å². The molecule has 2 aromatic carbocycles. The molecule has 0 saturated heterocycles. The number of ether oxygens (including phenoxy) is 1. The molecule has 0 aliphatic heterocycles. The molecule has 7 nitrogen and oxygen atoms in total. The molecule has 0 aromatic heterocycles. The van der Waals surface area contributed by atoms with E-state index in [4.69, 9.17) is 4.74 Å². The van der Waals surface area contributed by atoms with Gasteiger partial charge in [0, 0.05) is 18.7 Å². The molecule has 0 aliphatic rings. The third kappa shape index (κ3) is 6.10. The first kappa shape index (κ1) is 20.4. The average Bonchev–Trinajstić information content (AvgIpc) is 2.62. The Morgan fingerprint density at radius 1 is 1.04 bits per heavy atom. The van der Waals surface area contributed by atoms with Gasteiger partial charge in [-0.25, -0.2) is 13.2 Å². The molecule has 1 N–H and O–H groups in total. The van der Waals surface area contributed by atoms with Crippen molar-refractivity contribution in [3.63, 3.8) is 0 Å². The van der Waals surface area contributed by atoms with Crippen LogP contribution in [-0.4, -0.2) is 39.7 Å². The van der Waals surface area contributed by atoms with E-state index in [9.17, 15) is 18.0 Å². The Hall–Kier alpha value is -2.87. The molecule has 0 atom stereocenters. The van der Waals surface area contributed by atoms with Crippen molar-refractivity contribution in [1.29, 1.82) is 0 Å². The summed E-state index contributed by atoms with van der Waals surface area (Å²) in [4.78, 5) is 23.8. The lowest BCUT2D eigenvalue weighted by Crippen LogP contribution is -2.33. The monoisotopic (exact) mass is 390 g/mol. The number of hydrogen-bond acceptors (Lipinski definition) is 5. The number of nitrogens with one attached hydrogen (secondary N) is 1. The molecule has 0 aliphatic carbocycles. The minimum atomic E-state index is -3.51. The quantitative estimate of drug-likeness (QED) is 0.700. The summed E-state index contributed by atoms with van der Waals surface area (Å²) in [5, 5.41) is 2.69. The van der Waals surface area contributed by atoms with Gasteiger partial charge in [0.2, 0.25) is 15.9 Å². The van der Waals surface area contributed by atoms with Gasteiger partial charge in [0.25, 0.3) is 0 Å². The molecule has 8 heteroatoms. The number of amides is 1. The summed E-state index contributed by atoms with van der Waals surface area (Å²) in [5.74, 6) is -0.759. The number of carbonyl (C=O) groups is 2. The largest absolute Gasteiger partial charge is 0.462 e. The fourth-order valence-electron chi connectivity index (χ4n) is 2.41. The van der Waals surface area contributed by atoms with E-state index in [1.165, 1.54) is 4.31 Å². The molecular formula is C19H22N2O5S. The van der Waals surface area contributed by atoms with Gasteiger partial charge in [-0.2, -0.15) is 0 Å². The Balaban J connectivity index is 1.97. The maximum absolute atomic E-state index is 12.2. The van der Waals surface area contributed by atoms with E-state index < -0.39 is 16.0 Å². The Bertz CT molecular complexity index is 880. The highest BCUT2D eigenvalue weighted by Gasteiger charge is 2.18. The Morgan fingerprint density at radius 3 is 2.22 bits per heavy atom. The summed E-state index contributed by atoms with van der Waals surface area (Å²) >= 11 is 0. The van der Waals surface area contributed by atoms with Gasteiger partial charge < -0.3 is 10.1 Å². The van der Waals surface area contributed by atoms with Gasteiger partial charge in [0.1, 0.15) is 0 Å². The van der Waals surface area contributed by atoms with Crippen LogP contribution in [0.1, 0.15) is 23.7 Å². The van der Waals surface area contributed by atoms with Crippen LogP contribution in [0, 0.1) is 0 Å². The molecular weight excluding hydrogens is 368 g/mol. The molecule has 0 bridgehead atoms. The Morgan fingerprint density at radius 2 is 1.67 bits per heavy atom. The van der Waals surface area contributed by atoms with Gasteiger partial charge in [0.05, 0.1) is 24.1 Å². The molecule has 1 amide bonds. The minimum Gasteiger partial charge on any atom is -0.462 e. The predicted molar refractivity (Wildman–Crippen MR) is 104 cm³/mol. The maximum atomic E-state index is 12.2. The zero-order chi connectivity index (χ0) is 19.9. The van der Waals surface area contributed by atoms with Crippen molar-refractivity contribution in [3.8, 4) is 0 Å². The van der Waals surface area contributed by atoms with Crippen LogP contribution in [0.4, 0.5) is 11.4 Å². The summed E-state index contributed by atoms with van der Waals surface area (Å²) in [5.41, 5.74) is 1.41. The van der Waals surface area contributed by atoms with Crippen LogP contribution in [0.3, 0.4) is 0 Å². The molecule has 144 valence electrons. The van der Waals surface area contributed by atoms with Gasteiger partial charge in [-0.3, -0.25) is 9.10 Å². The van der Waals surface area contributed by atoms with Crippen LogP contribution >= 0.6 is 0 Å². The lowest BCUT2D eigenvalue weighted by atomic mass is 10.2. The molecule has 0 heterocycles. The zero-order valence-electron chi connectivity index (χ0n) is 15.2. The van der Waals surface area contributed by atoms with Crippen LogP contribution in [0.25, 0.3) is 0 Å². The molecule has 2 rings (SSSR count). The zero-order valence-corrected chi connectivity index (χ0v) is 16.0. The second-order valence-corrected chi connectivity index (χ2v) is 7.67. The normalized spacial score (nSPS) is 10.9. The third-order valence-corrected chi connectivity index (χ3v) is 4.86. The number of sulfonamides is 1. The van der Waals surface area contributed by atoms with Crippen molar-refractivity contribution in [2.24, 2.45) is 0 Å². The number of nitrogens with zero attached hydrogens (tertiary/aromatic N) is 1. The number of carbonyl (C=O) groups excluding carboxylic acids is 2. The van der Waals surface area contributed by atoms with Crippen molar-refractivity contribution in [2.45, 2.75) is 13.3 Å². The van der Waals surface area contributed by atoms with Crippen molar-refractivity contribution >= 4 is 33.3 Å². The number of rotatable bonds is 8. The number of para-hydroxylation sites is 1. The molecule has 0 fully saturated rings. The molecule has 0 spiro atoms. The highest BCUT2D eigenvalue weighted by Crippen LogP contribution is 2.17. The predicted octanol–water partition coefficient (Wildman–Crippen LogP) is 2.66. The van der Waals surface area contributed by atoms with Crippen molar-refractivity contribution in [3.05, 3.63) is 60.2 Å². The number of benzene rings is 2. The topological polar surface area (TPSA) is 92.8 Å². The van der Waals surface area contributed by atoms with Crippen molar-refractivity contribution < 1.29 is 22.7 Å². The number of anilines is 2. The summed E-state index contributed by atoms with van der Waals surface area (Å²) in [6, 6.07) is 14.9. The Kier molecular flexibility index (Phi) is 6.95. The van der Waals surface area contributed by atoms with E-state index >= 15 is 0 Å². The number of hydrogen-bond donors (Lipinski definition) is 1. The van der Waals surface area contributed by atoms with Crippen LogP contribution in [0.2, 0.25) is 0 Å². The number of esters is 1. The van der Waals surface area contributed by atoms with E-state index in [1.807, 2.05) is 0 Å². The van der Waals surface area contributed by atoms with Crippen LogP contribution in [0.5, 0.6) is 0 Å². The fraction of sp³-hybridized carbons (Fsp3) is 0.263. The lowest BCUT2D eigenvalue weighted by Gasteiger charge is -2.22. The van der Waals surface area contributed by atoms with Crippen molar-refractivity contribution in [2.75, 3.05) is 29.0 Å². The second kappa shape index (κ2) is 9.18. The van der Waals surface area contributed by atoms with Crippen LogP contribution < -0.4 is 9.62 Å². The van der Waals surface area contributed by atoms with E-state index in [0.717, 1.165) is 6.26 Å². The summed E-state index contributed by atoms with van der Waals surface area (Å²) in [6.45, 7) is 2.03. The Labute approximate surface area is 159 Å². The van der Waals surface area contributed by atoms with Gasteiger partial charge in [-0.1, -0.05) is 18.2 Å². The van der Waals surface area contributed by atoms with Gasteiger partial charge >= 0.3 is 5.97 Å². The van der Waals surface area contributed by atoms with Gasteiger partial charge in [-0.15, -0.1) is 0 Å². The highest BCUT2D eigenvalue weighted by atomic mass is 32.2. The molecule has 0 radical (unpaired) electrons. The first-order chi connectivity index (χ1) is 12.8. The van der Waals surface area contributed by atoms with Gasteiger partial charge in [-0.05, 0) is 43.3 Å². The lowest BCUT2D eigenvalue weighted by molar-refractivity contribution is -0.116. The third-order valence-electron chi connectivity index (χ3n) is 3.67. The van der Waals surface area contributed by atoms with E-state index in [-0.39, 0.29) is 25.5 Å². The van der Waals surface area contributed by atoms with Crippen molar-refractivity contribution in [1.82, 2.24) is 0 Å². The first-order valence-electron chi connectivity index (χ1n) is 8.41. The first-order valence-corrected chi connectivity index (χ1v) is 10.3. The van der Waals surface area contributed by atoms with Crippen LogP contribution in [0.15, 0.2) is 54.6 Å². The highest BCUT2D eigenvalue weighted by molar-refractivity contribution is 7.92. The smallest absolute Gasteiger partial charge is 0.338 e. The minimum absolute atomic E-state index is 0.0123.